The number of rotatable bonds is 18. The largest absolute Gasteiger partial charge is 2.00 e. The average Bonchev–Trinajstić information content (AvgIpc) is 1.61. The molecule has 0 N–H and O–H groups in total. The number of esters is 6. The van der Waals surface area contributed by atoms with Crippen molar-refractivity contribution < 1.29 is 96.1 Å². The number of hydrogen-bond acceptors (Lipinski definition) is 16. The number of allylic oxidation sites excluding steroid dienone is 6. The molecule has 20 nitrogen and oxygen atoms in total. The molecule has 0 saturated carbocycles. The zero-order valence-corrected chi connectivity index (χ0v) is 63.8. The Morgan fingerprint density at radius 2 is 0.760 bits per heavy atom. The molecule has 10 heterocycles. The summed E-state index contributed by atoms with van der Waals surface area (Å²) < 4.78 is 31.7. The SMILES string of the molecule is CCC1=C(/C=C/C2=C(CC)c3cc4[n-]c(c(CC(=O)OC)c5nc(cc6[n-]c(cc2n3)c(CC)c6C)[C@@H](C)[C@@H]5CCC(=O)OC)c(C(=O)OC)c4C)c2cc3[n-]c(cc4nc(c(CC(=O)OC)c5[n-]c(cc1n2)c(C)c5C(=O)OC)[C@@H](CCC(=O)OC)[C@@H]4C)c(C)c3CC.[Zn+2].[Zn+2]. The van der Waals surface area contributed by atoms with E-state index in [1.807, 2.05) is 64.1 Å². The van der Waals surface area contributed by atoms with Crippen LogP contribution in [0.3, 0.4) is 0 Å². The fraction of sp³-hybridized carbons (Fsp3) is 0.405. The Balaban J connectivity index is 0.00000589. The Labute approximate surface area is 584 Å². The van der Waals surface area contributed by atoms with Gasteiger partial charge in [0.05, 0.1) is 78.3 Å². The summed E-state index contributed by atoms with van der Waals surface area (Å²) in [4.78, 5) is 124. The predicted molar refractivity (Wildman–Crippen MR) is 358 cm³/mol. The third-order valence-corrected chi connectivity index (χ3v) is 19.2. The Morgan fingerprint density at radius 1 is 0.417 bits per heavy atom. The second-order valence-corrected chi connectivity index (χ2v) is 24.1. The van der Waals surface area contributed by atoms with Gasteiger partial charge in [0, 0.05) is 81.6 Å². The number of hydrogen-bond donors (Lipinski definition) is 0. The summed E-state index contributed by atoms with van der Waals surface area (Å²) in [6, 6.07) is 11.7. The molecule has 0 spiro atoms. The molecule has 0 amide bonds. The van der Waals surface area contributed by atoms with Crippen molar-refractivity contribution >= 4 is 102 Å². The van der Waals surface area contributed by atoms with Crippen LogP contribution in [-0.2, 0) is 112 Å². The van der Waals surface area contributed by atoms with Gasteiger partial charge in [0.1, 0.15) is 0 Å². The van der Waals surface area contributed by atoms with E-state index >= 15 is 0 Å². The first-order valence-electron chi connectivity index (χ1n) is 32.0. The van der Waals surface area contributed by atoms with Crippen LogP contribution in [0, 0.1) is 27.7 Å². The molecular formula is C74H80N8O12Zn2. The van der Waals surface area contributed by atoms with Gasteiger partial charge in [-0.2, -0.15) is 0 Å². The Morgan fingerprint density at radius 3 is 1.08 bits per heavy atom. The van der Waals surface area contributed by atoms with E-state index in [4.69, 9.17) is 68.3 Å². The Hall–Kier alpha value is -8.47. The van der Waals surface area contributed by atoms with Crippen molar-refractivity contribution in [3.05, 3.63) is 150 Å². The van der Waals surface area contributed by atoms with Gasteiger partial charge in [-0.25, -0.2) is 19.6 Å². The van der Waals surface area contributed by atoms with Gasteiger partial charge >= 0.3 is 74.8 Å². The van der Waals surface area contributed by atoms with Crippen molar-refractivity contribution in [1.29, 1.82) is 0 Å². The second-order valence-electron chi connectivity index (χ2n) is 24.1. The summed E-state index contributed by atoms with van der Waals surface area (Å²) >= 11 is 0. The number of aromatic nitrogens is 8. The third-order valence-electron chi connectivity index (χ3n) is 19.2. The van der Waals surface area contributed by atoms with Crippen LogP contribution in [0.4, 0.5) is 0 Å². The molecule has 0 unspecified atom stereocenters. The van der Waals surface area contributed by atoms with Crippen molar-refractivity contribution in [3.8, 4) is 0 Å². The van der Waals surface area contributed by atoms with Crippen LogP contribution in [-0.4, -0.2) is 98.4 Å². The van der Waals surface area contributed by atoms with Gasteiger partial charge in [0.15, 0.2) is 0 Å². The maximum atomic E-state index is 14.2. The quantitative estimate of drug-likeness (QED) is 0.0439. The van der Waals surface area contributed by atoms with Crippen LogP contribution in [0.15, 0.2) is 48.6 Å². The van der Waals surface area contributed by atoms with Crippen LogP contribution in [0.2, 0.25) is 0 Å². The maximum Gasteiger partial charge on any atom is 2.00 e. The zero-order chi connectivity index (χ0) is 67.7. The van der Waals surface area contributed by atoms with Crippen LogP contribution in [0.25, 0.3) is 66.4 Å². The van der Waals surface area contributed by atoms with E-state index in [0.717, 1.165) is 55.6 Å². The first-order chi connectivity index (χ1) is 45.1. The number of aryl methyl sites for hydroxylation is 6. The summed E-state index contributed by atoms with van der Waals surface area (Å²) in [5, 5.41) is 0. The van der Waals surface area contributed by atoms with Crippen molar-refractivity contribution in [1.82, 2.24) is 39.9 Å². The minimum atomic E-state index is -0.661. The van der Waals surface area contributed by atoms with E-state index in [-0.39, 0.29) is 98.6 Å². The molecule has 492 valence electrons. The van der Waals surface area contributed by atoms with Crippen LogP contribution < -0.4 is 19.9 Å². The molecule has 0 saturated heterocycles. The monoisotopic (exact) mass is 1400 g/mol. The molecule has 4 aliphatic heterocycles. The van der Waals surface area contributed by atoms with Crippen LogP contribution in [0.5, 0.6) is 0 Å². The first-order valence-corrected chi connectivity index (χ1v) is 32.0. The van der Waals surface area contributed by atoms with E-state index in [1.54, 1.807) is 13.8 Å². The minimum absolute atomic E-state index is 0. The summed E-state index contributed by atoms with van der Waals surface area (Å²) in [5.41, 5.74) is 18.2. The van der Waals surface area contributed by atoms with E-state index in [1.165, 1.54) is 42.7 Å². The number of fused-ring (bicyclic) bond motifs is 16. The zero-order valence-electron chi connectivity index (χ0n) is 57.9. The normalized spacial score (nSPS) is 15.9. The van der Waals surface area contributed by atoms with Crippen molar-refractivity contribution in [2.75, 3.05) is 42.7 Å². The maximum absolute atomic E-state index is 14.2. The molecule has 4 aliphatic rings. The first kappa shape index (κ1) is 73.3. The number of carbonyl (C=O) groups excluding carboxylic acids is 6. The second kappa shape index (κ2) is 30.7. The van der Waals surface area contributed by atoms with E-state index in [0.29, 0.717) is 128 Å². The van der Waals surface area contributed by atoms with Gasteiger partial charge in [-0.05, 0) is 88.5 Å². The van der Waals surface area contributed by atoms with E-state index in [9.17, 15) is 28.8 Å². The van der Waals surface area contributed by atoms with Gasteiger partial charge in [0.2, 0.25) is 0 Å². The number of nitrogens with zero attached hydrogens (tertiary/aromatic N) is 8. The number of carbonyl (C=O) groups is 6. The van der Waals surface area contributed by atoms with Gasteiger partial charge in [-0.3, -0.25) is 29.1 Å². The predicted octanol–water partition coefficient (Wildman–Crippen LogP) is 12.4. The molecule has 0 aliphatic carbocycles. The van der Waals surface area contributed by atoms with Gasteiger partial charge in [-0.1, -0.05) is 123 Å². The molecule has 0 aromatic carbocycles. The standard InChI is InChI=1S/C74H82N8O12.2Zn/c1-17-41-35(5)51-29-53-37(7)45(23-25-63(83)89-11)69(79-53)49(27-65(85)91-13)71-67(73(87)93-15)39(9)55(81-71)31-59-43(19-3)47(61(77-59)33-57(41)75-51)21-22-48-44(20-4)60-32-56-40(10)68(74(88)94-16)72(82-56)50(28-66(86)92-14)70-46(24-26-64(84)90-12)38(8)54(80-70)30-52-36(6)42(18-2)58(76-52)34-62(48)78-60;;/h21-22,29-34,37-38,45-46H,17-20,23-28H2,1-16H3,(H2-2,75,76,77,78,79,80,81,82,87,88);;/q-2;2*+2/p-2/t37-,38-,45-,46-;;/m0../s1. The summed E-state index contributed by atoms with van der Waals surface area (Å²) in [6.07, 6.45) is 6.69. The molecule has 10 rings (SSSR count). The minimum Gasteiger partial charge on any atom is -0.657 e. The fourth-order valence-electron chi connectivity index (χ4n) is 13.9. The van der Waals surface area contributed by atoms with Gasteiger partial charge in [-0.15, -0.1) is 44.1 Å². The van der Waals surface area contributed by atoms with Gasteiger partial charge in [0.25, 0.3) is 0 Å². The Kier molecular flexibility index (Phi) is 23.5. The van der Waals surface area contributed by atoms with Crippen LogP contribution in [0.1, 0.15) is 215 Å². The number of ether oxygens (including phenoxy) is 6. The third kappa shape index (κ3) is 13.8. The molecule has 6 aromatic heterocycles. The molecular weight excluding hydrogens is 1320 g/mol. The van der Waals surface area contributed by atoms with Gasteiger partial charge < -0.3 is 48.4 Å². The van der Waals surface area contributed by atoms with E-state index in [2.05, 4.69) is 39.8 Å². The van der Waals surface area contributed by atoms with Crippen molar-refractivity contribution in [3.63, 3.8) is 0 Å². The van der Waals surface area contributed by atoms with Crippen LogP contribution >= 0.6 is 0 Å². The topological polar surface area (TPSA) is 266 Å². The molecule has 0 fully saturated rings. The summed E-state index contributed by atoms with van der Waals surface area (Å²) in [6.45, 7) is 20.0. The summed E-state index contributed by atoms with van der Waals surface area (Å²) in [5.74, 6) is -4.62. The smallest absolute Gasteiger partial charge is 0.657 e. The Bertz CT molecular complexity index is 4310. The molecule has 0 radical (unpaired) electrons. The molecule has 6 aromatic rings. The molecule has 4 atom stereocenters. The molecule has 22 heteroatoms. The molecule has 16 bridgehead atoms. The number of methoxy groups -OCH3 is 6. The van der Waals surface area contributed by atoms with Crippen molar-refractivity contribution in [2.24, 2.45) is 0 Å². The average molecular weight is 1400 g/mol. The fourth-order valence-corrected chi connectivity index (χ4v) is 13.9. The van der Waals surface area contributed by atoms with Crippen molar-refractivity contribution in [2.45, 2.75) is 157 Å². The summed E-state index contributed by atoms with van der Waals surface area (Å²) in [7, 11) is 7.89. The van der Waals surface area contributed by atoms with E-state index < -0.39 is 47.7 Å². The molecule has 96 heavy (non-hydrogen) atoms.